The number of rotatable bonds is 0. The second-order valence-electron chi connectivity index (χ2n) is 17.0. The first-order valence-electron chi connectivity index (χ1n) is 17.3. The Morgan fingerprint density at radius 3 is 1.40 bits per heavy atom. The van der Waals surface area contributed by atoms with Gasteiger partial charge in [-0.1, -0.05) is 74.5 Å². The smallest absolute Gasteiger partial charge is 0.282 e. The van der Waals surface area contributed by atoms with Crippen molar-refractivity contribution in [2.45, 2.75) is 132 Å². The summed E-state index contributed by atoms with van der Waals surface area (Å²) < 4.78 is 17.4. The van der Waals surface area contributed by atoms with Crippen molar-refractivity contribution in [1.82, 2.24) is 0 Å². The minimum absolute atomic E-state index is 0.00484. The summed E-state index contributed by atoms with van der Waals surface area (Å²) in [6, 6.07) is -0.460. The van der Waals surface area contributed by atoms with E-state index in [0.29, 0.717) is 6.42 Å². The van der Waals surface area contributed by atoms with Crippen LogP contribution in [0.2, 0.25) is 0 Å². The van der Waals surface area contributed by atoms with E-state index in [2.05, 4.69) is 35.3 Å². The highest BCUT2D eigenvalue weighted by Crippen LogP contribution is 2.52. The van der Waals surface area contributed by atoms with E-state index in [1.54, 1.807) is 0 Å². The lowest BCUT2D eigenvalue weighted by molar-refractivity contribution is -0.173. The van der Waals surface area contributed by atoms with Crippen LogP contribution < -0.4 is 0 Å². The second-order valence-corrected chi connectivity index (χ2v) is 17.0. The van der Waals surface area contributed by atoms with Gasteiger partial charge >= 0.3 is 0 Å². The predicted octanol–water partition coefficient (Wildman–Crippen LogP) is 7.63. The maximum absolute atomic E-state index is 12.2. The molecule has 6 rings (SSSR count). The summed E-state index contributed by atoms with van der Waals surface area (Å²) in [5, 5.41) is 0. The van der Waals surface area contributed by atoms with Crippen LogP contribution >= 0.6 is 0 Å². The van der Waals surface area contributed by atoms with Gasteiger partial charge in [-0.25, -0.2) is 16.3 Å². The van der Waals surface area contributed by atoms with Gasteiger partial charge in [-0.15, -0.1) is 0 Å². The molecule has 4 fully saturated rings. The molecule has 6 aliphatic rings. The van der Waals surface area contributed by atoms with Crippen molar-refractivity contribution in [1.29, 1.82) is 0 Å². The number of allylic oxidation sites excluding steroid dienone is 2. The summed E-state index contributed by atoms with van der Waals surface area (Å²) in [4.78, 5) is 46.6. The van der Waals surface area contributed by atoms with Gasteiger partial charge in [0.1, 0.15) is 0 Å². The van der Waals surface area contributed by atoms with Gasteiger partial charge < -0.3 is 28.6 Å². The first-order chi connectivity index (χ1) is 22.2. The third-order valence-electron chi connectivity index (χ3n) is 11.8. The van der Waals surface area contributed by atoms with E-state index in [1.165, 1.54) is 0 Å². The highest BCUT2D eigenvalue weighted by molar-refractivity contribution is 6.03. The Morgan fingerprint density at radius 1 is 0.604 bits per heavy atom. The molecule has 260 valence electrons. The Bertz CT molecular complexity index is 1440. The lowest BCUT2D eigenvalue weighted by Gasteiger charge is -2.51. The molecule has 0 aromatic heterocycles. The van der Waals surface area contributed by atoms with Crippen molar-refractivity contribution in [3.8, 4) is 0 Å². The average molecular weight is 660 g/mol. The molecule has 0 amide bonds. The van der Waals surface area contributed by atoms with Crippen molar-refractivity contribution >= 4 is 17.3 Å². The molecule has 0 N–H and O–H groups in total. The van der Waals surface area contributed by atoms with Crippen LogP contribution in [0.15, 0.2) is 23.5 Å². The number of carbonyl (C=O) groups excluding carboxylic acids is 3. The van der Waals surface area contributed by atoms with Crippen LogP contribution in [0.3, 0.4) is 0 Å². The molecular formula is C39H53N3O6. The van der Waals surface area contributed by atoms with E-state index in [9.17, 15) is 14.4 Å². The van der Waals surface area contributed by atoms with Crippen LogP contribution in [0.4, 0.5) is 0 Å². The molecule has 0 spiro atoms. The summed E-state index contributed by atoms with van der Waals surface area (Å²) in [7, 11) is 0. The number of hydrogen-bond acceptors (Lipinski definition) is 6. The van der Waals surface area contributed by atoms with Crippen LogP contribution in [-0.4, -0.2) is 61.5 Å². The molecule has 1 saturated carbocycles. The molecular weight excluding hydrogens is 606 g/mol. The molecule has 9 nitrogen and oxygen atoms in total. The van der Waals surface area contributed by atoms with Crippen LogP contribution in [0.1, 0.15) is 107 Å². The molecule has 3 heterocycles. The van der Waals surface area contributed by atoms with E-state index < -0.39 is 22.3 Å². The van der Waals surface area contributed by atoms with Crippen molar-refractivity contribution in [3.05, 3.63) is 57.8 Å². The number of nitrogens with zero attached hydrogens (tertiary/aromatic N) is 3. The van der Waals surface area contributed by atoms with E-state index in [0.717, 1.165) is 58.3 Å². The van der Waals surface area contributed by atoms with Crippen molar-refractivity contribution in [3.63, 3.8) is 0 Å². The van der Waals surface area contributed by atoms with Crippen LogP contribution in [0.5, 0.6) is 0 Å². The summed E-state index contributed by atoms with van der Waals surface area (Å²) in [6.45, 7) is 41.3. The molecule has 48 heavy (non-hydrogen) atoms. The maximum Gasteiger partial charge on any atom is 0.282 e. The van der Waals surface area contributed by atoms with Gasteiger partial charge in [0, 0.05) is 53.3 Å². The normalized spacial score (nSPS) is 38.9. The van der Waals surface area contributed by atoms with Gasteiger partial charge in [0.2, 0.25) is 17.2 Å². The zero-order valence-corrected chi connectivity index (χ0v) is 30.3. The Morgan fingerprint density at radius 2 is 1.00 bits per heavy atom. The Hall–Kier alpha value is -3.16. The van der Waals surface area contributed by atoms with Gasteiger partial charge in [0.05, 0.1) is 36.9 Å². The molecule has 0 radical (unpaired) electrons. The van der Waals surface area contributed by atoms with Crippen LogP contribution in [-0.2, 0) is 28.6 Å². The van der Waals surface area contributed by atoms with Crippen LogP contribution in [0, 0.1) is 52.2 Å². The molecule has 0 aromatic carbocycles. The number of fused-ring (bicyclic) bond motifs is 3. The fraction of sp³-hybridized carbons (Fsp3) is 0.744. The van der Waals surface area contributed by atoms with Gasteiger partial charge in [-0.05, 0) is 38.5 Å². The van der Waals surface area contributed by atoms with Gasteiger partial charge in [0.25, 0.3) is 6.04 Å². The van der Waals surface area contributed by atoms with Crippen molar-refractivity contribution in [2.75, 3.05) is 19.8 Å². The SMILES string of the molecule is [C-]#[N+]C1=C[C@@]2(C)CCCO[C@@H]2C(C)(C)C1=O.[C-]#[N+]C1=C[C@]2(C)CCCO[C@H]2C(C)(C)C1=O.[C-]#[N+]C1C[C@]2(C)CCCO[C@H]2C(C)(C)C1=O. The third kappa shape index (κ3) is 6.45. The molecule has 3 aliphatic heterocycles. The first kappa shape index (κ1) is 37.7. The number of ether oxygens (including phenoxy) is 3. The highest BCUT2D eigenvalue weighted by atomic mass is 16.5. The lowest BCUT2D eigenvalue weighted by Crippen LogP contribution is -2.59. The Labute approximate surface area is 287 Å². The Kier molecular flexibility index (Phi) is 10.4. The maximum atomic E-state index is 12.2. The summed E-state index contributed by atoms with van der Waals surface area (Å²) in [5.74, 6) is -0.0920. The summed E-state index contributed by atoms with van der Waals surface area (Å²) in [6.07, 6.45) is 10.2. The minimum atomic E-state index is -0.580. The Balaban J connectivity index is 0.000000163. The third-order valence-corrected chi connectivity index (χ3v) is 11.8. The standard InChI is InChI=1S/C13H19NO2.2C13H17NO2/c3*1-12(2)10(15)9(14-4)8-13(3)6-5-7-16-11(12)13/h9,11H,5-8H2,1-3H3;2*8,11H,5-7H2,1-3H3/t9?,11-,13-;2*11-,13-/m010/s1. The number of Topliss-reactive ketones (excluding diaryl/α,β-unsaturated/α-hetero) is 3. The molecule has 1 unspecified atom stereocenters. The summed E-state index contributed by atoms with van der Waals surface area (Å²) in [5.41, 5.74) is -1.41. The molecule has 7 atom stereocenters. The molecule has 0 bridgehead atoms. The molecule has 3 aliphatic carbocycles. The predicted molar refractivity (Wildman–Crippen MR) is 182 cm³/mol. The number of carbonyl (C=O) groups is 3. The average Bonchev–Trinajstić information content (AvgIpc) is 3.03. The van der Waals surface area contributed by atoms with Crippen molar-refractivity contribution in [2.24, 2.45) is 32.5 Å². The fourth-order valence-corrected chi connectivity index (χ4v) is 9.63. The van der Waals surface area contributed by atoms with E-state index in [4.69, 9.17) is 33.9 Å². The quantitative estimate of drug-likeness (QED) is 0.249. The molecule has 0 aromatic rings. The zero-order chi connectivity index (χ0) is 35.9. The first-order valence-corrected chi connectivity index (χ1v) is 17.3. The number of hydrogen-bond donors (Lipinski definition) is 0. The monoisotopic (exact) mass is 659 g/mol. The van der Waals surface area contributed by atoms with E-state index in [1.807, 2.05) is 53.7 Å². The van der Waals surface area contributed by atoms with Gasteiger partial charge in [0.15, 0.2) is 11.6 Å². The highest BCUT2D eigenvalue weighted by Gasteiger charge is 2.59. The van der Waals surface area contributed by atoms with E-state index >= 15 is 0 Å². The van der Waals surface area contributed by atoms with Crippen LogP contribution in [0.25, 0.3) is 14.5 Å². The largest absolute Gasteiger partial charge is 0.377 e. The fourth-order valence-electron chi connectivity index (χ4n) is 9.63. The zero-order valence-electron chi connectivity index (χ0n) is 30.3. The summed E-state index contributed by atoms with van der Waals surface area (Å²) >= 11 is 0. The van der Waals surface area contributed by atoms with E-state index in [-0.39, 0.29) is 63.3 Å². The van der Waals surface area contributed by atoms with Crippen molar-refractivity contribution < 1.29 is 28.6 Å². The topological polar surface area (TPSA) is 92.0 Å². The van der Waals surface area contributed by atoms with Gasteiger partial charge in [-0.3, -0.25) is 4.79 Å². The lowest BCUT2D eigenvalue weighted by atomic mass is 9.57. The molecule has 3 saturated heterocycles. The minimum Gasteiger partial charge on any atom is -0.377 e. The second kappa shape index (κ2) is 13.3. The number of ketones is 3. The molecule has 9 heteroatoms. The van der Waals surface area contributed by atoms with Gasteiger partial charge in [-0.2, -0.15) is 0 Å².